The maximum Gasteiger partial charge on any atom is 0.303 e. The van der Waals surface area contributed by atoms with Crippen molar-refractivity contribution in [2.24, 2.45) is 0 Å². The third-order valence-corrected chi connectivity index (χ3v) is 7.27. The quantitative estimate of drug-likeness (QED) is 0.433. The molecule has 0 saturated carbocycles. The van der Waals surface area contributed by atoms with Gasteiger partial charge in [-0.15, -0.1) is 0 Å². The highest BCUT2D eigenvalue weighted by atomic mass is 32.2. The van der Waals surface area contributed by atoms with Crippen molar-refractivity contribution in [1.82, 2.24) is 4.90 Å². The molecule has 0 radical (unpaired) electrons. The lowest BCUT2D eigenvalue weighted by molar-refractivity contribution is -0.137. The van der Waals surface area contributed by atoms with Crippen molar-refractivity contribution < 1.29 is 24.3 Å². The van der Waals surface area contributed by atoms with Gasteiger partial charge in [0.05, 0.1) is 16.2 Å². The molecular formula is C25H23N3O5S2. The fraction of sp³-hybridized carbons (Fsp3) is 0.240. The van der Waals surface area contributed by atoms with E-state index in [0.717, 1.165) is 22.9 Å². The van der Waals surface area contributed by atoms with E-state index in [1.807, 2.05) is 32.0 Å². The predicted octanol–water partition coefficient (Wildman–Crippen LogP) is 3.72. The van der Waals surface area contributed by atoms with E-state index in [1.165, 1.54) is 9.80 Å². The second kappa shape index (κ2) is 10.0. The molecule has 4 rings (SSSR count). The zero-order valence-electron chi connectivity index (χ0n) is 19.2. The molecule has 0 spiro atoms. The van der Waals surface area contributed by atoms with E-state index in [1.54, 1.807) is 24.3 Å². The number of carboxylic acids is 1. The summed E-state index contributed by atoms with van der Waals surface area (Å²) < 4.78 is 0.277. The summed E-state index contributed by atoms with van der Waals surface area (Å²) in [6, 6.07) is 12.7. The first-order valence-corrected chi connectivity index (χ1v) is 12.2. The van der Waals surface area contributed by atoms with Gasteiger partial charge in [-0.25, -0.2) is 0 Å². The van der Waals surface area contributed by atoms with Gasteiger partial charge in [0.15, 0.2) is 0 Å². The SMILES string of the molecule is Cc1cccc(C)c1NC(=O)CN1C(=O)C(=C2SC(=S)N(CCCC(=O)O)C2=O)c2ccccc21. The average molecular weight is 510 g/mol. The van der Waals surface area contributed by atoms with Crippen LogP contribution in [0.1, 0.15) is 29.5 Å². The van der Waals surface area contributed by atoms with Crippen LogP contribution in [-0.2, 0) is 19.2 Å². The van der Waals surface area contributed by atoms with Crippen LogP contribution >= 0.6 is 24.0 Å². The van der Waals surface area contributed by atoms with Gasteiger partial charge in [-0.2, -0.15) is 0 Å². The van der Waals surface area contributed by atoms with E-state index in [2.05, 4.69) is 5.32 Å². The lowest BCUT2D eigenvalue weighted by atomic mass is 10.1. The van der Waals surface area contributed by atoms with Gasteiger partial charge in [0.1, 0.15) is 10.9 Å². The fourth-order valence-electron chi connectivity index (χ4n) is 4.12. The summed E-state index contributed by atoms with van der Waals surface area (Å²) in [5.74, 6) is -2.18. The Labute approximate surface area is 212 Å². The molecule has 1 fully saturated rings. The number of nitrogens with zero attached hydrogens (tertiary/aromatic N) is 2. The molecule has 2 aliphatic heterocycles. The summed E-state index contributed by atoms with van der Waals surface area (Å²) in [6.45, 7) is 3.74. The smallest absolute Gasteiger partial charge is 0.303 e. The van der Waals surface area contributed by atoms with Gasteiger partial charge >= 0.3 is 5.97 Å². The van der Waals surface area contributed by atoms with Crippen LogP contribution in [0.5, 0.6) is 0 Å². The molecule has 10 heteroatoms. The number of para-hydroxylation sites is 2. The number of benzene rings is 2. The average Bonchev–Trinajstić information content (AvgIpc) is 3.23. The van der Waals surface area contributed by atoms with Crippen molar-refractivity contribution in [3.63, 3.8) is 0 Å². The van der Waals surface area contributed by atoms with Crippen LogP contribution in [0, 0.1) is 13.8 Å². The number of nitrogens with one attached hydrogen (secondary N) is 1. The molecule has 0 atom stereocenters. The number of hydrogen-bond donors (Lipinski definition) is 2. The number of hydrogen-bond acceptors (Lipinski definition) is 6. The number of thiocarbonyl (C=S) groups is 1. The molecule has 2 aliphatic rings. The minimum absolute atomic E-state index is 0.0893. The molecule has 180 valence electrons. The molecule has 0 bridgehead atoms. The van der Waals surface area contributed by atoms with Gasteiger partial charge in [0.25, 0.3) is 11.8 Å². The molecule has 0 unspecified atom stereocenters. The Balaban J connectivity index is 1.61. The van der Waals surface area contributed by atoms with Gasteiger partial charge in [-0.05, 0) is 37.5 Å². The first kappa shape index (κ1) is 24.6. The second-order valence-corrected chi connectivity index (χ2v) is 9.89. The Hall–Kier alpha value is -3.50. The fourth-order valence-corrected chi connectivity index (χ4v) is 5.50. The van der Waals surface area contributed by atoms with Crippen LogP contribution in [0.3, 0.4) is 0 Å². The molecule has 35 heavy (non-hydrogen) atoms. The minimum Gasteiger partial charge on any atom is -0.481 e. The molecule has 3 amide bonds. The van der Waals surface area contributed by atoms with Crippen molar-refractivity contribution in [3.05, 3.63) is 64.1 Å². The van der Waals surface area contributed by atoms with Crippen molar-refractivity contribution in [1.29, 1.82) is 0 Å². The normalized spacial score (nSPS) is 17.3. The summed E-state index contributed by atoms with van der Waals surface area (Å²) >= 11 is 6.37. The molecule has 2 aromatic carbocycles. The summed E-state index contributed by atoms with van der Waals surface area (Å²) in [5.41, 5.74) is 3.85. The van der Waals surface area contributed by atoms with Crippen LogP contribution in [0.15, 0.2) is 47.4 Å². The van der Waals surface area contributed by atoms with E-state index in [4.69, 9.17) is 17.3 Å². The lowest BCUT2D eigenvalue weighted by Gasteiger charge is -2.18. The number of anilines is 2. The van der Waals surface area contributed by atoms with Crippen LogP contribution < -0.4 is 10.2 Å². The number of carboxylic acid groups (broad SMARTS) is 1. The Morgan fingerprint density at radius 2 is 1.69 bits per heavy atom. The van der Waals surface area contributed by atoms with E-state index >= 15 is 0 Å². The highest BCUT2D eigenvalue weighted by molar-refractivity contribution is 8.26. The Morgan fingerprint density at radius 3 is 2.37 bits per heavy atom. The largest absolute Gasteiger partial charge is 0.481 e. The molecule has 2 N–H and O–H groups in total. The van der Waals surface area contributed by atoms with Crippen LogP contribution in [0.2, 0.25) is 0 Å². The first-order chi connectivity index (χ1) is 16.7. The summed E-state index contributed by atoms with van der Waals surface area (Å²) in [4.78, 5) is 53.3. The van der Waals surface area contributed by atoms with E-state index in [0.29, 0.717) is 16.9 Å². The lowest BCUT2D eigenvalue weighted by Crippen LogP contribution is -2.36. The third-order valence-electron chi connectivity index (χ3n) is 5.82. The van der Waals surface area contributed by atoms with Crippen LogP contribution in [-0.4, -0.2) is 51.1 Å². The number of aryl methyl sites for hydroxylation is 2. The second-order valence-electron chi connectivity index (χ2n) is 8.25. The highest BCUT2D eigenvalue weighted by Crippen LogP contribution is 2.44. The number of thioether (sulfide) groups is 1. The van der Waals surface area contributed by atoms with Gasteiger partial charge < -0.3 is 10.4 Å². The molecule has 8 nitrogen and oxygen atoms in total. The van der Waals surface area contributed by atoms with Crippen LogP contribution in [0.25, 0.3) is 5.57 Å². The highest BCUT2D eigenvalue weighted by Gasteiger charge is 2.42. The number of fused-ring (bicyclic) bond motifs is 1. The minimum atomic E-state index is -0.955. The first-order valence-electron chi connectivity index (χ1n) is 11.0. The zero-order chi connectivity index (χ0) is 25.3. The molecular weight excluding hydrogens is 486 g/mol. The van der Waals surface area contributed by atoms with E-state index in [9.17, 15) is 19.2 Å². The van der Waals surface area contributed by atoms with Crippen LogP contribution in [0.4, 0.5) is 11.4 Å². The Morgan fingerprint density at radius 1 is 1.00 bits per heavy atom. The van der Waals surface area contributed by atoms with Crippen molar-refractivity contribution in [2.45, 2.75) is 26.7 Å². The van der Waals surface area contributed by atoms with Gasteiger partial charge in [0, 0.05) is 24.2 Å². The molecule has 0 aliphatic carbocycles. The maximum atomic E-state index is 13.5. The zero-order valence-corrected chi connectivity index (χ0v) is 20.8. The molecule has 2 heterocycles. The topological polar surface area (TPSA) is 107 Å². The number of amides is 3. The van der Waals surface area contributed by atoms with E-state index < -0.39 is 17.8 Å². The van der Waals surface area contributed by atoms with Gasteiger partial charge in [-0.1, -0.05) is 60.4 Å². The number of carbonyl (C=O) groups is 4. The Bertz CT molecular complexity index is 1280. The molecule has 2 aromatic rings. The number of carbonyl (C=O) groups excluding carboxylic acids is 3. The molecule has 1 saturated heterocycles. The monoisotopic (exact) mass is 509 g/mol. The van der Waals surface area contributed by atoms with E-state index in [-0.39, 0.29) is 46.6 Å². The maximum absolute atomic E-state index is 13.5. The predicted molar refractivity (Wildman–Crippen MR) is 139 cm³/mol. The van der Waals surface area contributed by atoms with Crippen molar-refractivity contribution in [3.8, 4) is 0 Å². The molecule has 0 aromatic heterocycles. The summed E-state index contributed by atoms with van der Waals surface area (Å²) in [5, 5.41) is 11.8. The standard InChI is InChI=1S/C25H23N3O5S2/c1-14-7-5-8-15(2)21(14)26-18(29)13-28-17-10-4-3-9-16(17)20(23(28)32)22-24(33)27(25(34)35-22)12-6-11-19(30)31/h3-5,7-10H,6,11-13H2,1-2H3,(H,26,29)(H,30,31). The third kappa shape index (κ3) is 4.85. The summed E-state index contributed by atoms with van der Waals surface area (Å²) in [7, 11) is 0. The summed E-state index contributed by atoms with van der Waals surface area (Å²) in [6.07, 6.45) is 0.160. The number of aliphatic carboxylic acids is 1. The van der Waals surface area contributed by atoms with Crippen molar-refractivity contribution in [2.75, 3.05) is 23.3 Å². The number of rotatable bonds is 7. The van der Waals surface area contributed by atoms with Gasteiger partial charge in [-0.3, -0.25) is 29.0 Å². The van der Waals surface area contributed by atoms with Gasteiger partial charge in [0.2, 0.25) is 5.91 Å². The Kier molecular flexibility index (Phi) is 7.04. The van der Waals surface area contributed by atoms with Crippen molar-refractivity contribution >= 4 is 68.9 Å².